The molecule has 13 heavy (non-hydrogen) atoms. The summed E-state index contributed by atoms with van der Waals surface area (Å²) in [5.74, 6) is 0. The average molecular weight is 186 g/mol. The van der Waals surface area contributed by atoms with Gasteiger partial charge in [-0.25, -0.2) is 0 Å². The molecule has 0 spiro atoms. The summed E-state index contributed by atoms with van der Waals surface area (Å²) in [6, 6.07) is 0. The van der Waals surface area contributed by atoms with Crippen LogP contribution < -0.4 is 0 Å². The zero-order valence-corrected chi connectivity index (χ0v) is 9.48. The Hall–Kier alpha value is -0.0800. The monoisotopic (exact) mass is 186 g/mol. The summed E-state index contributed by atoms with van der Waals surface area (Å²) in [4.78, 5) is 0. The van der Waals surface area contributed by atoms with Crippen molar-refractivity contribution in [2.75, 3.05) is 0 Å². The van der Waals surface area contributed by atoms with Crippen LogP contribution in [0.15, 0.2) is 0 Å². The van der Waals surface area contributed by atoms with Crippen LogP contribution in [0.5, 0.6) is 0 Å². The molecule has 0 aromatic carbocycles. The van der Waals surface area contributed by atoms with Gasteiger partial charge in [-0.05, 0) is 34.1 Å². The molecule has 1 aliphatic rings. The van der Waals surface area contributed by atoms with Crippen molar-refractivity contribution in [2.24, 2.45) is 0 Å². The summed E-state index contributed by atoms with van der Waals surface area (Å²) in [5, 5.41) is 10.4. The zero-order chi connectivity index (χ0) is 10.3. The molecular formula is C11H22O2. The van der Waals surface area contributed by atoms with Gasteiger partial charge >= 0.3 is 0 Å². The number of hydrogen-bond acceptors (Lipinski definition) is 2. The first-order valence-corrected chi connectivity index (χ1v) is 5.15. The molecule has 0 aliphatic carbocycles. The van der Waals surface area contributed by atoms with Crippen LogP contribution in [0.2, 0.25) is 0 Å². The minimum Gasteiger partial charge on any atom is -0.387 e. The molecule has 78 valence electrons. The molecule has 0 saturated carbocycles. The fourth-order valence-corrected chi connectivity index (χ4v) is 2.54. The molecule has 2 nitrogen and oxygen atoms in total. The first-order valence-electron chi connectivity index (χ1n) is 5.15. The summed E-state index contributed by atoms with van der Waals surface area (Å²) in [7, 11) is 0. The van der Waals surface area contributed by atoms with Crippen LogP contribution in [-0.4, -0.2) is 21.9 Å². The lowest BCUT2D eigenvalue weighted by molar-refractivity contribution is -0.128. The molecule has 1 atom stereocenters. The van der Waals surface area contributed by atoms with Gasteiger partial charge in [-0.15, -0.1) is 0 Å². The summed E-state index contributed by atoms with van der Waals surface area (Å²) in [6.07, 6.45) is 2.56. The number of rotatable bonds is 2. The van der Waals surface area contributed by atoms with Crippen molar-refractivity contribution in [2.45, 2.75) is 70.7 Å². The topological polar surface area (TPSA) is 29.5 Å². The molecule has 1 aliphatic heterocycles. The van der Waals surface area contributed by atoms with Crippen molar-refractivity contribution >= 4 is 0 Å². The van der Waals surface area contributed by atoms with Crippen LogP contribution in [0, 0.1) is 0 Å². The van der Waals surface area contributed by atoms with Crippen molar-refractivity contribution in [1.29, 1.82) is 0 Å². The SMILES string of the molecule is CCCC1(O)CC(C)(C)OC1(C)C. The van der Waals surface area contributed by atoms with E-state index in [4.69, 9.17) is 4.74 Å². The van der Waals surface area contributed by atoms with Gasteiger partial charge in [0.05, 0.1) is 16.8 Å². The molecule has 1 N–H and O–H groups in total. The van der Waals surface area contributed by atoms with Gasteiger partial charge in [0.25, 0.3) is 0 Å². The number of ether oxygens (including phenoxy) is 1. The van der Waals surface area contributed by atoms with Crippen molar-refractivity contribution in [3.05, 3.63) is 0 Å². The maximum Gasteiger partial charge on any atom is 0.0958 e. The molecule has 0 bridgehead atoms. The Morgan fingerprint density at radius 2 is 1.77 bits per heavy atom. The van der Waals surface area contributed by atoms with E-state index in [-0.39, 0.29) is 5.60 Å². The second-order valence-electron chi connectivity index (χ2n) is 5.33. The quantitative estimate of drug-likeness (QED) is 0.718. The van der Waals surface area contributed by atoms with Crippen LogP contribution >= 0.6 is 0 Å². The molecule has 1 unspecified atom stereocenters. The molecule has 1 heterocycles. The van der Waals surface area contributed by atoms with Crippen molar-refractivity contribution in [1.82, 2.24) is 0 Å². The second-order valence-corrected chi connectivity index (χ2v) is 5.33. The molecule has 0 aromatic rings. The van der Waals surface area contributed by atoms with Crippen molar-refractivity contribution < 1.29 is 9.84 Å². The Morgan fingerprint density at radius 1 is 1.23 bits per heavy atom. The van der Waals surface area contributed by atoms with Gasteiger partial charge in [-0.1, -0.05) is 13.3 Å². The molecule has 0 aromatic heterocycles. The minimum absolute atomic E-state index is 0.187. The third-order valence-electron chi connectivity index (χ3n) is 3.03. The Labute approximate surface area is 81.3 Å². The van der Waals surface area contributed by atoms with Gasteiger partial charge in [-0.2, -0.15) is 0 Å². The second kappa shape index (κ2) is 2.96. The summed E-state index contributed by atoms with van der Waals surface area (Å²) < 4.78 is 5.85. The smallest absolute Gasteiger partial charge is 0.0958 e. The lowest BCUT2D eigenvalue weighted by Crippen LogP contribution is -2.46. The molecule has 1 fully saturated rings. The predicted octanol–water partition coefficient (Wildman–Crippen LogP) is 2.50. The normalized spacial score (nSPS) is 36.5. The number of aliphatic hydroxyl groups is 1. The lowest BCUT2D eigenvalue weighted by atomic mass is 9.79. The van der Waals surface area contributed by atoms with E-state index in [1.165, 1.54) is 0 Å². The maximum atomic E-state index is 10.4. The van der Waals surface area contributed by atoms with Gasteiger partial charge in [0.15, 0.2) is 0 Å². The van der Waals surface area contributed by atoms with Gasteiger partial charge in [0.1, 0.15) is 0 Å². The van der Waals surface area contributed by atoms with Gasteiger partial charge < -0.3 is 9.84 Å². The standard InChI is InChI=1S/C11H22O2/c1-6-7-11(12)8-9(2,3)13-10(11,4)5/h12H,6-8H2,1-5H3. The fraction of sp³-hybridized carbons (Fsp3) is 1.00. The molecular weight excluding hydrogens is 164 g/mol. The third kappa shape index (κ3) is 1.89. The third-order valence-corrected chi connectivity index (χ3v) is 3.03. The first-order chi connectivity index (χ1) is 5.72. The molecule has 0 radical (unpaired) electrons. The average Bonchev–Trinajstić information content (AvgIpc) is 1.96. The van der Waals surface area contributed by atoms with Crippen LogP contribution in [0.3, 0.4) is 0 Å². The molecule has 0 amide bonds. The van der Waals surface area contributed by atoms with E-state index in [2.05, 4.69) is 6.92 Å². The van der Waals surface area contributed by atoms with E-state index in [0.717, 1.165) is 19.3 Å². The van der Waals surface area contributed by atoms with E-state index in [1.807, 2.05) is 27.7 Å². The maximum absolute atomic E-state index is 10.4. The number of hydrogen-bond donors (Lipinski definition) is 1. The summed E-state index contributed by atoms with van der Waals surface area (Å²) in [5.41, 5.74) is -1.24. The van der Waals surface area contributed by atoms with Crippen molar-refractivity contribution in [3.63, 3.8) is 0 Å². The Bertz CT molecular complexity index is 196. The largest absolute Gasteiger partial charge is 0.387 e. The summed E-state index contributed by atoms with van der Waals surface area (Å²) >= 11 is 0. The van der Waals surface area contributed by atoms with E-state index >= 15 is 0 Å². The Morgan fingerprint density at radius 3 is 2.08 bits per heavy atom. The first kappa shape index (κ1) is 11.0. The molecule has 1 saturated heterocycles. The van der Waals surface area contributed by atoms with E-state index < -0.39 is 11.2 Å². The Kier molecular flexibility index (Phi) is 2.50. The van der Waals surface area contributed by atoms with E-state index in [1.54, 1.807) is 0 Å². The fourth-order valence-electron chi connectivity index (χ4n) is 2.54. The molecule has 1 rings (SSSR count). The molecule has 2 heteroatoms. The van der Waals surface area contributed by atoms with Crippen LogP contribution in [0.25, 0.3) is 0 Å². The summed E-state index contributed by atoms with van der Waals surface area (Å²) in [6.45, 7) is 10.2. The van der Waals surface area contributed by atoms with E-state index in [9.17, 15) is 5.11 Å². The van der Waals surface area contributed by atoms with Crippen LogP contribution in [0.1, 0.15) is 53.9 Å². The zero-order valence-electron chi connectivity index (χ0n) is 9.48. The van der Waals surface area contributed by atoms with Gasteiger partial charge in [0.2, 0.25) is 0 Å². The van der Waals surface area contributed by atoms with Crippen LogP contribution in [0.4, 0.5) is 0 Å². The van der Waals surface area contributed by atoms with Crippen LogP contribution in [-0.2, 0) is 4.74 Å². The van der Waals surface area contributed by atoms with Gasteiger partial charge in [0, 0.05) is 6.42 Å². The highest BCUT2D eigenvalue weighted by Crippen LogP contribution is 2.47. The highest BCUT2D eigenvalue weighted by molar-refractivity contribution is 5.05. The lowest BCUT2D eigenvalue weighted by Gasteiger charge is -2.34. The van der Waals surface area contributed by atoms with E-state index in [0.29, 0.717) is 0 Å². The predicted molar refractivity (Wildman–Crippen MR) is 53.7 cm³/mol. The Balaban J connectivity index is 2.86. The van der Waals surface area contributed by atoms with Gasteiger partial charge in [-0.3, -0.25) is 0 Å². The highest BCUT2D eigenvalue weighted by Gasteiger charge is 2.55. The highest BCUT2D eigenvalue weighted by atomic mass is 16.5. The minimum atomic E-state index is -0.648. The van der Waals surface area contributed by atoms with Crippen molar-refractivity contribution in [3.8, 4) is 0 Å².